The van der Waals surface area contributed by atoms with E-state index >= 15 is 0 Å². The standard InChI is InChI=1S/C18H21ClN4O3/c1-12-7-16(22-21-12)18(25)23-5-6-26-11-15(23)9-17(24)20-10-13-3-2-4-14(19)8-13/h2-4,7-8,15H,5-6,9-11H2,1H3,(H,20,24)(H,21,22)/t15-/m1/s1. The van der Waals surface area contributed by atoms with Crippen molar-refractivity contribution >= 4 is 23.4 Å². The zero-order valence-electron chi connectivity index (χ0n) is 14.5. The van der Waals surface area contributed by atoms with E-state index in [1.807, 2.05) is 19.1 Å². The molecule has 1 aliphatic heterocycles. The molecule has 2 heterocycles. The number of halogens is 1. The van der Waals surface area contributed by atoms with E-state index in [0.717, 1.165) is 11.3 Å². The van der Waals surface area contributed by atoms with E-state index in [9.17, 15) is 9.59 Å². The number of nitrogens with zero attached hydrogens (tertiary/aromatic N) is 2. The maximum atomic E-state index is 12.7. The van der Waals surface area contributed by atoms with E-state index in [2.05, 4.69) is 15.5 Å². The third-order valence-corrected chi connectivity index (χ3v) is 4.45. The Kier molecular flexibility index (Phi) is 5.90. The molecule has 2 amide bonds. The molecule has 1 atom stereocenters. The molecule has 2 aromatic rings. The number of rotatable bonds is 5. The highest BCUT2D eigenvalue weighted by atomic mass is 35.5. The number of benzene rings is 1. The van der Waals surface area contributed by atoms with Crippen LogP contribution in [0.2, 0.25) is 5.02 Å². The molecule has 1 aromatic heterocycles. The summed E-state index contributed by atoms with van der Waals surface area (Å²) in [4.78, 5) is 26.6. The van der Waals surface area contributed by atoms with Gasteiger partial charge in [0.25, 0.3) is 5.91 Å². The predicted molar refractivity (Wildman–Crippen MR) is 96.9 cm³/mol. The molecule has 7 nitrogen and oxygen atoms in total. The summed E-state index contributed by atoms with van der Waals surface area (Å²) in [6.45, 7) is 3.45. The van der Waals surface area contributed by atoms with E-state index in [1.165, 1.54) is 0 Å². The molecule has 3 rings (SSSR count). The van der Waals surface area contributed by atoms with Gasteiger partial charge in [0, 0.05) is 30.2 Å². The van der Waals surface area contributed by atoms with Crippen LogP contribution < -0.4 is 5.32 Å². The third-order valence-electron chi connectivity index (χ3n) is 4.21. The van der Waals surface area contributed by atoms with Gasteiger partial charge in [-0.1, -0.05) is 23.7 Å². The summed E-state index contributed by atoms with van der Waals surface area (Å²) in [6, 6.07) is 8.71. The highest BCUT2D eigenvalue weighted by Gasteiger charge is 2.30. The fourth-order valence-electron chi connectivity index (χ4n) is 2.90. The number of nitrogens with one attached hydrogen (secondary N) is 2. The smallest absolute Gasteiger partial charge is 0.274 e. The normalized spacial score (nSPS) is 17.2. The number of morpholine rings is 1. The minimum absolute atomic E-state index is 0.142. The summed E-state index contributed by atoms with van der Waals surface area (Å²) >= 11 is 5.95. The number of aryl methyl sites for hydroxylation is 1. The maximum absolute atomic E-state index is 12.7. The largest absolute Gasteiger partial charge is 0.377 e. The van der Waals surface area contributed by atoms with E-state index < -0.39 is 0 Å². The second-order valence-electron chi connectivity index (χ2n) is 6.27. The van der Waals surface area contributed by atoms with Crippen LogP contribution in [0.4, 0.5) is 0 Å². The number of ether oxygens (including phenoxy) is 1. The van der Waals surface area contributed by atoms with Crippen LogP contribution in [-0.2, 0) is 16.1 Å². The molecule has 2 N–H and O–H groups in total. The van der Waals surface area contributed by atoms with E-state index in [1.54, 1.807) is 23.1 Å². The quantitative estimate of drug-likeness (QED) is 0.834. The zero-order chi connectivity index (χ0) is 18.5. The summed E-state index contributed by atoms with van der Waals surface area (Å²) in [7, 11) is 0. The fourth-order valence-corrected chi connectivity index (χ4v) is 3.11. The molecule has 1 fully saturated rings. The molecular formula is C18H21ClN4O3. The van der Waals surface area contributed by atoms with Crippen molar-refractivity contribution in [3.8, 4) is 0 Å². The van der Waals surface area contributed by atoms with E-state index in [0.29, 0.717) is 37.0 Å². The number of carbonyl (C=O) groups is 2. The zero-order valence-corrected chi connectivity index (χ0v) is 15.3. The Morgan fingerprint density at radius 2 is 2.27 bits per heavy atom. The van der Waals surface area contributed by atoms with Gasteiger partial charge in [0.2, 0.25) is 5.91 Å². The lowest BCUT2D eigenvalue weighted by atomic mass is 10.1. The molecule has 0 spiro atoms. The van der Waals surface area contributed by atoms with Gasteiger partial charge in [-0.05, 0) is 30.7 Å². The predicted octanol–water partition coefficient (Wildman–Crippen LogP) is 1.92. The van der Waals surface area contributed by atoms with Gasteiger partial charge in [0.15, 0.2) is 0 Å². The van der Waals surface area contributed by atoms with Crippen LogP contribution >= 0.6 is 11.6 Å². The molecule has 1 aromatic carbocycles. The number of hydrogen-bond acceptors (Lipinski definition) is 4. The van der Waals surface area contributed by atoms with Gasteiger partial charge in [0.05, 0.1) is 19.3 Å². The summed E-state index contributed by atoms with van der Waals surface area (Å²) in [5, 5.41) is 10.3. The van der Waals surface area contributed by atoms with Gasteiger partial charge in [0.1, 0.15) is 5.69 Å². The number of amides is 2. The maximum Gasteiger partial charge on any atom is 0.274 e. The van der Waals surface area contributed by atoms with E-state index in [4.69, 9.17) is 16.3 Å². The van der Waals surface area contributed by atoms with Gasteiger partial charge < -0.3 is 15.0 Å². The van der Waals surface area contributed by atoms with Crippen LogP contribution in [0.15, 0.2) is 30.3 Å². The van der Waals surface area contributed by atoms with Crippen molar-refractivity contribution < 1.29 is 14.3 Å². The highest BCUT2D eigenvalue weighted by molar-refractivity contribution is 6.30. The summed E-state index contributed by atoms with van der Waals surface area (Å²) < 4.78 is 5.46. The summed E-state index contributed by atoms with van der Waals surface area (Å²) in [5.74, 6) is -0.332. The van der Waals surface area contributed by atoms with Gasteiger partial charge >= 0.3 is 0 Å². The average Bonchev–Trinajstić information content (AvgIpc) is 3.06. The van der Waals surface area contributed by atoms with Crippen molar-refractivity contribution in [1.29, 1.82) is 0 Å². The molecular weight excluding hydrogens is 356 g/mol. The Balaban J connectivity index is 1.59. The first kappa shape index (κ1) is 18.4. The molecule has 8 heteroatoms. The average molecular weight is 377 g/mol. The first-order valence-corrected chi connectivity index (χ1v) is 8.82. The molecule has 1 aliphatic rings. The molecule has 1 saturated heterocycles. The number of hydrogen-bond donors (Lipinski definition) is 2. The van der Waals surface area contributed by atoms with Crippen molar-refractivity contribution in [3.63, 3.8) is 0 Å². The van der Waals surface area contributed by atoms with Crippen LogP contribution in [0.25, 0.3) is 0 Å². The molecule has 0 bridgehead atoms. The molecule has 0 aliphatic carbocycles. The van der Waals surface area contributed by atoms with Gasteiger partial charge in [-0.2, -0.15) is 5.10 Å². The Hall–Kier alpha value is -2.38. The molecule has 0 saturated carbocycles. The second-order valence-corrected chi connectivity index (χ2v) is 6.71. The third kappa shape index (κ3) is 4.62. The van der Waals surface area contributed by atoms with Crippen LogP contribution in [0.5, 0.6) is 0 Å². The Morgan fingerprint density at radius 1 is 1.42 bits per heavy atom. The van der Waals surface area contributed by atoms with Crippen LogP contribution in [0.3, 0.4) is 0 Å². The second kappa shape index (κ2) is 8.33. The Labute approximate surface area is 156 Å². The van der Waals surface area contributed by atoms with Crippen molar-refractivity contribution in [2.45, 2.75) is 25.9 Å². The first-order valence-electron chi connectivity index (χ1n) is 8.45. The van der Waals surface area contributed by atoms with E-state index in [-0.39, 0.29) is 24.3 Å². The SMILES string of the molecule is Cc1cc(C(=O)N2CCOC[C@H]2CC(=O)NCc2cccc(Cl)c2)n[nH]1. The number of aromatic nitrogens is 2. The summed E-state index contributed by atoms with van der Waals surface area (Å²) in [6.07, 6.45) is 0.176. The monoisotopic (exact) mass is 376 g/mol. The lowest BCUT2D eigenvalue weighted by molar-refractivity contribution is -0.123. The first-order chi connectivity index (χ1) is 12.5. The minimum Gasteiger partial charge on any atom is -0.377 e. The summed E-state index contributed by atoms with van der Waals surface area (Å²) in [5.41, 5.74) is 2.09. The number of H-pyrrole nitrogens is 1. The Bertz CT molecular complexity index is 792. The Morgan fingerprint density at radius 3 is 3.00 bits per heavy atom. The fraction of sp³-hybridized carbons (Fsp3) is 0.389. The van der Waals surface area contributed by atoms with Crippen LogP contribution in [-0.4, -0.2) is 52.7 Å². The number of carbonyl (C=O) groups excluding carboxylic acids is 2. The van der Waals surface area contributed by atoms with Crippen molar-refractivity contribution in [2.24, 2.45) is 0 Å². The van der Waals surface area contributed by atoms with Gasteiger partial charge in [-0.15, -0.1) is 0 Å². The molecule has 26 heavy (non-hydrogen) atoms. The molecule has 0 unspecified atom stereocenters. The van der Waals surface area contributed by atoms with Gasteiger partial charge in [-0.25, -0.2) is 0 Å². The van der Waals surface area contributed by atoms with Crippen molar-refractivity contribution in [1.82, 2.24) is 20.4 Å². The lowest BCUT2D eigenvalue weighted by Crippen LogP contribution is -2.50. The molecule has 138 valence electrons. The highest BCUT2D eigenvalue weighted by Crippen LogP contribution is 2.15. The van der Waals surface area contributed by atoms with Crippen LogP contribution in [0.1, 0.15) is 28.2 Å². The topological polar surface area (TPSA) is 87.3 Å². The minimum atomic E-state index is -0.312. The van der Waals surface area contributed by atoms with Crippen molar-refractivity contribution in [3.05, 3.63) is 52.3 Å². The number of aromatic amines is 1. The van der Waals surface area contributed by atoms with Crippen molar-refractivity contribution in [2.75, 3.05) is 19.8 Å². The van der Waals surface area contributed by atoms with Gasteiger partial charge in [-0.3, -0.25) is 14.7 Å². The van der Waals surface area contributed by atoms with Crippen LogP contribution in [0, 0.1) is 6.92 Å². The lowest BCUT2D eigenvalue weighted by Gasteiger charge is -2.34. The molecule has 0 radical (unpaired) electrons.